The number of benzene rings is 2. The van der Waals surface area contributed by atoms with E-state index in [1.165, 1.54) is 7.05 Å². The molecular weight excluding hydrogens is 370 g/mol. The second-order valence-corrected chi connectivity index (χ2v) is 7.40. The van der Waals surface area contributed by atoms with Gasteiger partial charge in [-0.15, -0.1) is 0 Å². The zero-order chi connectivity index (χ0) is 20.5. The second kappa shape index (κ2) is 7.58. The Kier molecular flexibility index (Phi) is 4.96. The van der Waals surface area contributed by atoms with Crippen LogP contribution in [0.2, 0.25) is 0 Å². The van der Waals surface area contributed by atoms with Crippen molar-refractivity contribution in [2.24, 2.45) is 0 Å². The molecule has 2 aromatic carbocycles. The number of imide groups is 1. The van der Waals surface area contributed by atoms with Crippen LogP contribution in [0.3, 0.4) is 0 Å². The fourth-order valence-electron chi connectivity index (χ4n) is 3.98. The molecule has 0 bridgehead atoms. The molecule has 1 atom stereocenters. The first kappa shape index (κ1) is 19.0. The van der Waals surface area contributed by atoms with Crippen LogP contribution >= 0.6 is 0 Å². The van der Waals surface area contributed by atoms with Gasteiger partial charge in [0, 0.05) is 25.3 Å². The Hall–Kier alpha value is -3.35. The molecule has 1 fully saturated rings. The van der Waals surface area contributed by atoms with E-state index in [4.69, 9.17) is 4.74 Å². The van der Waals surface area contributed by atoms with E-state index in [0.29, 0.717) is 23.4 Å². The molecule has 2 aromatic rings. The van der Waals surface area contributed by atoms with Crippen molar-refractivity contribution in [3.63, 3.8) is 0 Å². The molecule has 0 radical (unpaired) electrons. The van der Waals surface area contributed by atoms with Gasteiger partial charge in [-0.05, 0) is 55.2 Å². The summed E-state index contributed by atoms with van der Waals surface area (Å²) in [5.41, 5.74) is 2.36. The molecule has 0 aromatic heterocycles. The van der Waals surface area contributed by atoms with Gasteiger partial charge in [-0.25, -0.2) is 4.79 Å². The molecule has 4 amide bonds. The van der Waals surface area contributed by atoms with Gasteiger partial charge in [0.2, 0.25) is 0 Å². The van der Waals surface area contributed by atoms with Crippen molar-refractivity contribution in [1.29, 1.82) is 0 Å². The molecule has 2 aliphatic heterocycles. The molecule has 7 nitrogen and oxygen atoms in total. The van der Waals surface area contributed by atoms with Gasteiger partial charge in [-0.3, -0.25) is 14.5 Å². The van der Waals surface area contributed by atoms with Crippen LogP contribution in [0.25, 0.3) is 0 Å². The topological polar surface area (TPSA) is 79.0 Å². The van der Waals surface area contributed by atoms with Crippen LogP contribution in [-0.2, 0) is 6.42 Å². The van der Waals surface area contributed by atoms with Gasteiger partial charge in [-0.2, -0.15) is 0 Å². The number of urea groups is 1. The summed E-state index contributed by atoms with van der Waals surface area (Å²) >= 11 is 0. The highest BCUT2D eigenvalue weighted by Gasteiger charge is 2.33. The quantitative estimate of drug-likeness (QED) is 0.810. The Morgan fingerprint density at radius 3 is 2.55 bits per heavy atom. The third-order valence-corrected chi connectivity index (χ3v) is 5.61. The van der Waals surface area contributed by atoms with Crippen molar-refractivity contribution in [2.75, 3.05) is 26.0 Å². The number of nitrogens with one attached hydrogen (secondary N) is 1. The first-order valence-electron chi connectivity index (χ1n) is 9.65. The van der Waals surface area contributed by atoms with Crippen molar-refractivity contribution in [3.8, 4) is 5.75 Å². The minimum absolute atomic E-state index is 0.118. The van der Waals surface area contributed by atoms with Crippen LogP contribution in [-0.4, -0.2) is 54.4 Å². The van der Waals surface area contributed by atoms with Crippen LogP contribution in [0, 0.1) is 0 Å². The number of anilines is 1. The zero-order valence-electron chi connectivity index (χ0n) is 16.5. The Balaban J connectivity index is 1.45. The number of carbonyl (C=O) groups excluding carboxylic acids is 3. The highest BCUT2D eigenvalue weighted by Crippen LogP contribution is 2.27. The van der Waals surface area contributed by atoms with E-state index in [9.17, 15) is 14.4 Å². The number of likely N-dealkylation sites (tertiary alicyclic amines) is 1. The van der Waals surface area contributed by atoms with Gasteiger partial charge in [0.1, 0.15) is 5.75 Å². The molecule has 0 aliphatic carbocycles. The number of fused-ring (bicyclic) bond motifs is 1. The highest BCUT2D eigenvalue weighted by atomic mass is 16.5. The van der Waals surface area contributed by atoms with Crippen LogP contribution < -0.4 is 10.1 Å². The van der Waals surface area contributed by atoms with E-state index < -0.39 is 0 Å². The first-order valence-corrected chi connectivity index (χ1v) is 9.65. The molecule has 2 aliphatic rings. The van der Waals surface area contributed by atoms with E-state index >= 15 is 0 Å². The summed E-state index contributed by atoms with van der Waals surface area (Å²) in [7, 11) is 3.09. The molecule has 29 heavy (non-hydrogen) atoms. The summed E-state index contributed by atoms with van der Waals surface area (Å²) in [5.74, 6) is 0.145. The van der Waals surface area contributed by atoms with Gasteiger partial charge in [-0.1, -0.05) is 12.1 Å². The zero-order valence-corrected chi connectivity index (χ0v) is 16.5. The van der Waals surface area contributed by atoms with Crippen molar-refractivity contribution in [3.05, 3.63) is 59.2 Å². The number of hydrogen-bond donors (Lipinski definition) is 1. The maximum absolute atomic E-state index is 12.9. The summed E-state index contributed by atoms with van der Waals surface area (Å²) < 4.78 is 5.19. The average Bonchev–Trinajstić information content (AvgIpc) is 3.28. The van der Waals surface area contributed by atoms with Gasteiger partial charge in [0.25, 0.3) is 11.8 Å². The van der Waals surface area contributed by atoms with Crippen LogP contribution in [0.5, 0.6) is 5.75 Å². The van der Waals surface area contributed by atoms with E-state index in [2.05, 4.69) is 5.32 Å². The Morgan fingerprint density at radius 2 is 1.83 bits per heavy atom. The fourth-order valence-corrected chi connectivity index (χ4v) is 3.98. The van der Waals surface area contributed by atoms with E-state index in [1.54, 1.807) is 25.3 Å². The Bertz CT molecular complexity index is 971. The maximum Gasteiger partial charge on any atom is 0.322 e. The fraction of sp³-hybridized carbons (Fsp3) is 0.318. The number of carbonyl (C=O) groups is 3. The third-order valence-electron chi connectivity index (χ3n) is 5.61. The number of amides is 4. The average molecular weight is 393 g/mol. The summed E-state index contributed by atoms with van der Waals surface area (Å²) in [6.07, 6.45) is 2.68. The van der Waals surface area contributed by atoms with Crippen molar-refractivity contribution < 1.29 is 19.1 Å². The minimum Gasteiger partial charge on any atom is -0.497 e. The second-order valence-electron chi connectivity index (χ2n) is 7.40. The molecule has 2 heterocycles. The molecule has 1 saturated heterocycles. The number of methoxy groups -OCH3 is 1. The lowest BCUT2D eigenvalue weighted by Gasteiger charge is -2.25. The molecule has 0 saturated carbocycles. The Morgan fingerprint density at radius 1 is 1.10 bits per heavy atom. The number of rotatable bonds is 4. The predicted octanol–water partition coefficient (Wildman–Crippen LogP) is 3.16. The lowest BCUT2D eigenvalue weighted by Crippen LogP contribution is -2.39. The number of nitrogens with zero attached hydrogens (tertiary/aromatic N) is 2. The molecule has 0 unspecified atom stereocenters. The molecule has 0 spiro atoms. The summed E-state index contributed by atoms with van der Waals surface area (Å²) in [5, 5.41) is 2.88. The van der Waals surface area contributed by atoms with Crippen molar-refractivity contribution >= 4 is 23.5 Å². The van der Waals surface area contributed by atoms with Crippen LogP contribution in [0.4, 0.5) is 10.5 Å². The van der Waals surface area contributed by atoms with Crippen LogP contribution in [0.1, 0.15) is 39.1 Å². The molecule has 4 rings (SSSR count). The van der Waals surface area contributed by atoms with E-state index in [0.717, 1.165) is 35.5 Å². The highest BCUT2D eigenvalue weighted by molar-refractivity contribution is 6.21. The third kappa shape index (κ3) is 3.55. The van der Waals surface area contributed by atoms with Gasteiger partial charge in [0.15, 0.2) is 0 Å². The standard InChI is InChI=1S/C22H23N3O4/c1-24-20(26)18-10-7-15(13-19(18)21(24)27)23-22(28)25-11-3-4-16(25)12-14-5-8-17(29-2)9-6-14/h5-10,13,16H,3-4,11-12H2,1-2H3,(H,23,28)/t16-/m0/s1. The molecule has 1 N–H and O–H groups in total. The van der Waals surface area contributed by atoms with Crippen LogP contribution in [0.15, 0.2) is 42.5 Å². The first-order chi connectivity index (χ1) is 14.0. The molecule has 7 heteroatoms. The summed E-state index contributed by atoms with van der Waals surface area (Å²) in [6.45, 7) is 0.692. The predicted molar refractivity (Wildman–Crippen MR) is 108 cm³/mol. The molecule has 150 valence electrons. The van der Waals surface area contributed by atoms with E-state index in [1.807, 2.05) is 29.2 Å². The number of ether oxygens (including phenoxy) is 1. The SMILES string of the molecule is COc1ccc(C[C@@H]2CCCN2C(=O)Nc2ccc3c(c2)C(=O)N(C)C3=O)cc1. The summed E-state index contributed by atoms with van der Waals surface area (Å²) in [4.78, 5) is 40.0. The van der Waals surface area contributed by atoms with Crippen molar-refractivity contribution in [2.45, 2.75) is 25.3 Å². The largest absolute Gasteiger partial charge is 0.497 e. The lowest BCUT2D eigenvalue weighted by molar-refractivity contribution is 0.0693. The normalized spacial score (nSPS) is 18.2. The lowest BCUT2D eigenvalue weighted by atomic mass is 10.0. The smallest absolute Gasteiger partial charge is 0.322 e. The van der Waals surface area contributed by atoms with Gasteiger partial charge in [0.05, 0.1) is 18.2 Å². The molecular formula is C22H23N3O4. The maximum atomic E-state index is 12.9. The number of hydrogen-bond acceptors (Lipinski definition) is 4. The van der Waals surface area contributed by atoms with E-state index in [-0.39, 0.29) is 23.9 Å². The minimum atomic E-state index is -0.348. The summed E-state index contributed by atoms with van der Waals surface area (Å²) in [6, 6.07) is 12.6. The van der Waals surface area contributed by atoms with Gasteiger partial charge < -0.3 is 15.0 Å². The Labute approximate surface area is 169 Å². The monoisotopic (exact) mass is 393 g/mol. The van der Waals surface area contributed by atoms with Gasteiger partial charge >= 0.3 is 6.03 Å². The van der Waals surface area contributed by atoms with Crippen molar-refractivity contribution in [1.82, 2.24) is 9.80 Å².